The fourth-order valence-electron chi connectivity index (χ4n) is 2.71. The average Bonchev–Trinajstić information content (AvgIpc) is 2.78. The van der Waals surface area contributed by atoms with Gasteiger partial charge in [0.2, 0.25) is 11.8 Å². The summed E-state index contributed by atoms with van der Waals surface area (Å²) in [6.07, 6.45) is 4.29. The number of rotatable bonds is 9. The number of primary amides is 1. The minimum absolute atomic E-state index is 0.126. The summed E-state index contributed by atoms with van der Waals surface area (Å²) in [7, 11) is 1.54. The first-order chi connectivity index (χ1) is 15.0. The van der Waals surface area contributed by atoms with Crippen LogP contribution in [-0.4, -0.2) is 35.5 Å². The molecule has 0 bridgehead atoms. The van der Waals surface area contributed by atoms with Gasteiger partial charge in [0, 0.05) is 29.7 Å². The van der Waals surface area contributed by atoms with Crippen LogP contribution in [0, 0.1) is 0 Å². The molecule has 0 unspecified atom stereocenters. The molecule has 0 aliphatic rings. The van der Waals surface area contributed by atoms with E-state index in [0.29, 0.717) is 40.8 Å². The van der Waals surface area contributed by atoms with Crippen LogP contribution in [0.15, 0.2) is 55.0 Å². The van der Waals surface area contributed by atoms with Gasteiger partial charge in [-0.2, -0.15) is 0 Å². The molecule has 0 fully saturated rings. The predicted octanol–water partition coefficient (Wildman–Crippen LogP) is 2.81. The lowest BCUT2D eigenvalue weighted by molar-refractivity contribution is 0.0996. The molecular weight excluding hydrogens is 400 g/mol. The maximum atomic E-state index is 12.5. The van der Waals surface area contributed by atoms with Gasteiger partial charge in [-0.3, -0.25) is 14.6 Å². The molecular formula is C22H22N4O5. The molecule has 31 heavy (non-hydrogen) atoms. The number of ether oxygens (including phenoxy) is 3. The predicted molar refractivity (Wildman–Crippen MR) is 113 cm³/mol. The minimum atomic E-state index is -0.594. The normalized spacial score (nSPS) is 10.3. The number of hydrogen-bond acceptors (Lipinski definition) is 7. The van der Waals surface area contributed by atoms with E-state index in [1.807, 2.05) is 6.92 Å². The molecule has 160 valence electrons. The summed E-state index contributed by atoms with van der Waals surface area (Å²) in [6.45, 7) is 2.48. The number of carbonyl (C=O) groups excluding carboxylic acids is 2. The highest BCUT2D eigenvalue weighted by Crippen LogP contribution is 2.25. The van der Waals surface area contributed by atoms with Crippen LogP contribution >= 0.6 is 0 Å². The number of nitrogens with two attached hydrogens (primary N) is 1. The van der Waals surface area contributed by atoms with E-state index in [9.17, 15) is 9.59 Å². The van der Waals surface area contributed by atoms with Crippen LogP contribution in [0.4, 0.5) is 5.69 Å². The van der Waals surface area contributed by atoms with Gasteiger partial charge in [0.25, 0.3) is 5.91 Å². The smallest absolute Gasteiger partial charge is 0.257 e. The molecule has 0 radical (unpaired) electrons. The van der Waals surface area contributed by atoms with E-state index < -0.39 is 5.91 Å². The van der Waals surface area contributed by atoms with E-state index in [2.05, 4.69) is 15.3 Å². The van der Waals surface area contributed by atoms with E-state index >= 15 is 0 Å². The fraction of sp³-hybridized carbons (Fsp3) is 0.182. The Balaban J connectivity index is 1.71. The van der Waals surface area contributed by atoms with Crippen molar-refractivity contribution in [3.63, 3.8) is 0 Å². The lowest BCUT2D eigenvalue weighted by atomic mass is 10.1. The van der Waals surface area contributed by atoms with E-state index in [4.69, 9.17) is 19.9 Å². The number of aromatic nitrogens is 2. The zero-order valence-corrected chi connectivity index (χ0v) is 17.1. The molecule has 0 atom stereocenters. The quantitative estimate of drug-likeness (QED) is 0.543. The van der Waals surface area contributed by atoms with Gasteiger partial charge in [-0.25, -0.2) is 4.98 Å². The Labute approximate surface area is 179 Å². The molecule has 0 saturated heterocycles. The second-order valence-corrected chi connectivity index (χ2v) is 6.36. The molecule has 2 amide bonds. The van der Waals surface area contributed by atoms with Gasteiger partial charge in [-0.05, 0) is 37.3 Å². The van der Waals surface area contributed by atoms with Crippen LogP contribution in [0.25, 0.3) is 0 Å². The van der Waals surface area contributed by atoms with Crippen LogP contribution in [0.5, 0.6) is 17.4 Å². The lowest BCUT2D eigenvalue weighted by Crippen LogP contribution is -2.13. The number of carbonyl (C=O) groups is 2. The number of anilines is 1. The molecule has 1 aromatic carbocycles. The number of nitrogens with one attached hydrogen (secondary N) is 1. The molecule has 3 N–H and O–H groups in total. The number of pyridine rings is 2. The summed E-state index contributed by atoms with van der Waals surface area (Å²) in [5.74, 6) is 0.515. The third kappa shape index (κ3) is 5.69. The van der Waals surface area contributed by atoms with Gasteiger partial charge in [-0.15, -0.1) is 0 Å². The second-order valence-electron chi connectivity index (χ2n) is 6.36. The lowest BCUT2D eigenvalue weighted by Gasteiger charge is -2.13. The molecule has 0 aliphatic heterocycles. The second kappa shape index (κ2) is 10.1. The first-order valence-corrected chi connectivity index (χ1v) is 9.45. The first kappa shape index (κ1) is 21.6. The van der Waals surface area contributed by atoms with Crippen LogP contribution in [-0.2, 0) is 6.61 Å². The van der Waals surface area contributed by atoms with Crippen molar-refractivity contribution >= 4 is 17.5 Å². The van der Waals surface area contributed by atoms with Crippen molar-refractivity contribution in [2.45, 2.75) is 13.5 Å². The fourth-order valence-corrected chi connectivity index (χ4v) is 2.71. The highest BCUT2D eigenvalue weighted by atomic mass is 16.5. The Kier molecular flexibility index (Phi) is 7.00. The average molecular weight is 422 g/mol. The Morgan fingerprint density at radius 3 is 2.55 bits per heavy atom. The van der Waals surface area contributed by atoms with Gasteiger partial charge in [-0.1, -0.05) is 0 Å². The molecule has 0 aliphatic carbocycles. The summed E-state index contributed by atoms with van der Waals surface area (Å²) in [4.78, 5) is 31.9. The van der Waals surface area contributed by atoms with E-state index in [-0.39, 0.29) is 18.1 Å². The molecule has 2 aromatic heterocycles. The Morgan fingerprint density at radius 2 is 1.87 bits per heavy atom. The van der Waals surface area contributed by atoms with Crippen molar-refractivity contribution in [2.75, 3.05) is 19.0 Å². The van der Waals surface area contributed by atoms with Crippen molar-refractivity contribution in [3.05, 3.63) is 71.7 Å². The summed E-state index contributed by atoms with van der Waals surface area (Å²) >= 11 is 0. The third-order valence-electron chi connectivity index (χ3n) is 4.22. The molecule has 0 saturated carbocycles. The summed E-state index contributed by atoms with van der Waals surface area (Å²) < 4.78 is 16.4. The van der Waals surface area contributed by atoms with Crippen LogP contribution in [0.1, 0.15) is 33.2 Å². The maximum Gasteiger partial charge on any atom is 0.257 e. The SMILES string of the molecule is CCOc1ccc(C(=O)Nc2ccc(OC)c(COc3cncc(C(N)=O)c3)c2)cn1. The number of benzene rings is 1. The molecule has 9 nitrogen and oxygen atoms in total. The van der Waals surface area contributed by atoms with Crippen molar-refractivity contribution in [1.29, 1.82) is 0 Å². The van der Waals surface area contributed by atoms with Gasteiger partial charge in [0.05, 0.1) is 31.0 Å². The summed E-state index contributed by atoms with van der Waals surface area (Å²) in [5, 5.41) is 2.82. The van der Waals surface area contributed by atoms with Crippen LogP contribution in [0.2, 0.25) is 0 Å². The van der Waals surface area contributed by atoms with Gasteiger partial charge in [0.15, 0.2) is 0 Å². The van der Waals surface area contributed by atoms with E-state index in [1.54, 1.807) is 30.3 Å². The number of methoxy groups -OCH3 is 1. The minimum Gasteiger partial charge on any atom is -0.496 e. The highest BCUT2D eigenvalue weighted by Gasteiger charge is 2.11. The molecule has 3 aromatic rings. The molecule has 3 rings (SSSR count). The standard InChI is InChI=1S/C22H22N4O5/c1-3-30-20-7-4-14(11-25-20)22(28)26-17-5-6-19(29-2)16(8-17)13-31-18-9-15(21(23)27)10-24-12-18/h4-12H,3,13H2,1-2H3,(H2,23,27)(H,26,28). The largest absolute Gasteiger partial charge is 0.496 e. The molecule has 0 spiro atoms. The summed E-state index contributed by atoms with van der Waals surface area (Å²) in [5.41, 5.74) is 7.15. The zero-order valence-electron chi connectivity index (χ0n) is 17.1. The van der Waals surface area contributed by atoms with Crippen LogP contribution in [0.3, 0.4) is 0 Å². The van der Waals surface area contributed by atoms with Gasteiger partial charge >= 0.3 is 0 Å². The van der Waals surface area contributed by atoms with Crippen molar-refractivity contribution in [1.82, 2.24) is 9.97 Å². The first-order valence-electron chi connectivity index (χ1n) is 9.45. The van der Waals surface area contributed by atoms with Crippen molar-refractivity contribution in [3.8, 4) is 17.4 Å². The molecule has 9 heteroatoms. The van der Waals surface area contributed by atoms with Crippen LogP contribution < -0.4 is 25.3 Å². The monoisotopic (exact) mass is 422 g/mol. The van der Waals surface area contributed by atoms with Crippen molar-refractivity contribution < 1.29 is 23.8 Å². The van der Waals surface area contributed by atoms with E-state index in [1.165, 1.54) is 31.8 Å². The topological polar surface area (TPSA) is 126 Å². The van der Waals surface area contributed by atoms with Crippen molar-refractivity contribution in [2.24, 2.45) is 5.73 Å². The Hall–Kier alpha value is -4.14. The number of hydrogen-bond donors (Lipinski definition) is 2. The number of nitrogens with zero attached hydrogens (tertiary/aromatic N) is 2. The summed E-state index contributed by atoms with van der Waals surface area (Å²) in [6, 6.07) is 9.97. The maximum absolute atomic E-state index is 12.5. The third-order valence-corrected chi connectivity index (χ3v) is 4.22. The van der Waals surface area contributed by atoms with Gasteiger partial charge in [0.1, 0.15) is 18.1 Å². The Morgan fingerprint density at radius 1 is 1.03 bits per heavy atom. The van der Waals surface area contributed by atoms with E-state index in [0.717, 1.165) is 0 Å². The highest BCUT2D eigenvalue weighted by molar-refractivity contribution is 6.04. The molecule has 2 heterocycles. The zero-order chi connectivity index (χ0) is 22.2. The Bertz CT molecular complexity index is 1070. The van der Waals surface area contributed by atoms with Gasteiger partial charge < -0.3 is 25.3 Å². The number of amides is 2.